The quantitative estimate of drug-likeness (QED) is 0.318. The SMILES string of the molecule is O=P#CC1CC(=O)N(O)C1=O. The van der Waals surface area contributed by atoms with E-state index in [1.807, 2.05) is 0 Å². The molecule has 11 heavy (non-hydrogen) atoms. The molecule has 0 aromatic rings. The van der Waals surface area contributed by atoms with Crippen LogP contribution in [0.1, 0.15) is 6.42 Å². The van der Waals surface area contributed by atoms with Crippen molar-refractivity contribution in [3.05, 3.63) is 0 Å². The molecular formula is C5H4NO4P. The Bertz CT molecular complexity index is 305. The Balaban J connectivity index is 2.88. The first kappa shape index (κ1) is 8.21. The van der Waals surface area contributed by atoms with E-state index in [9.17, 15) is 14.2 Å². The van der Waals surface area contributed by atoms with E-state index >= 15 is 0 Å². The second kappa shape index (κ2) is 3.01. The minimum absolute atomic E-state index is 0.0306. The molecule has 0 bridgehead atoms. The minimum atomic E-state index is -0.855. The van der Waals surface area contributed by atoms with Crippen molar-refractivity contribution in [1.29, 1.82) is 0 Å². The molecule has 0 saturated carbocycles. The van der Waals surface area contributed by atoms with E-state index in [1.54, 1.807) is 0 Å². The summed E-state index contributed by atoms with van der Waals surface area (Å²) in [6.45, 7) is 0. The molecule has 1 aliphatic heterocycles. The second-order valence-electron chi connectivity index (χ2n) is 2.02. The summed E-state index contributed by atoms with van der Waals surface area (Å²) in [5, 5.41) is 8.68. The summed E-state index contributed by atoms with van der Waals surface area (Å²) in [6, 6.07) is 0. The van der Waals surface area contributed by atoms with Crippen LogP contribution in [0, 0.1) is 11.5 Å². The van der Waals surface area contributed by atoms with Crippen molar-refractivity contribution in [2.75, 3.05) is 0 Å². The van der Waals surface area contributed by atoms with Crippen molar-refractivity contribution in [3.8, 4) is 5.63 Å². The maximum atomic E-state index is 10.8. The Morgan fingerprint density at radius 1 is 1.64 bits per heavy atom. The molecule has 0 aromatic carbocycles. The van der Waals surface area contributed by atoms with Gasteiger partial charge >= 0.3 is 62.1 Å². The molecule has 0 spiro atoms. The topological polar surface area (TPSA) is 74.7 Å². The van der Waals surface area contributed by atoms with E-state index in [2.05, 4.69) is 5.63 Å². The third-order valence-electron chi connectivity index (χ3n) is 1.33. The van der Waals surface area contributed by atoms with E-state index in [1.165, 1.54) is 0 Å². The van der Waals surface area contributed by atoms with Crippen molar-refractivity contribution in [2.24, 2.45) is 5.92 Å². The van der Waals surface area contributed by atoms with Gasteiger partial charge in [0, 0.05) is 0 Å². The zero-order chi connectivity index (χ0) is 8.43. The maximum absolute atomic E-state index is 10.8. The molecule has 58 valence electrons. The summed E-state index contributed by atoms with van der Waals surface area (Å²) in [6.07, 6.45) is -0.148. The van der Waals surface area contributed by atoms with Crippen LogP contribution in [-0.2, 0) is 14.2 Å². The van der Waals surface area contributed by atoms with Gasteiger partial charge < -0.3 is 0 Å². The first-order chi connectivity index (χ1) is 5.16. The van der Waals surface area contributed by atoms with Gasteiger partial charge in [-0.3, -0.25) is 0 Å². The van der Waals surface area contributed by atoms with Crippen LogP contribution < -0.4 is 0 Å². The standard InChI is InChI=1S/C5H4NO4P/c7-4-1-3(2-11-10)5(8)6(4)9/h3,9H,1H2. The Hall–Kier alpha value is -0.890. The van der Waals surface area contributed by atoms with Gasteiger partial charge in [-0.1, -0.05) is 0 Å². The normalized spacial score (nSPS) is 23.7. The van der Waals surface area contributed by atoms with Crippen molar-refractivity contribution < 1.29 is 19.4 Å². The fraction of sp³-hybridized carbons (Fsp3) is 0.400. The van der Waals surface area contributed by atoms with Gasteiger partial charge in [0.2, 0.25) is 0 Å². The first-order valence-corrected chi connectivity index (χ1v) is 3.61. The fourth-order valence-corrected chi connectivity index (χ4v) is 1.11. The number of imide groups is 1. The van der Waals surface area contributed by atoms with Gasteiger partial charge in [0.05, 0.1) is 0 Å². The molecule has 1 heterocycles. The molecule has 1 saturated heterocycles. The average Bonchev–Trinajstić information content (AvgIpc) is 2.19. The molecule has 2 amide bonds. The van der Waals surface area contributed by atoms with Crippen LogP contribution >= 0.6 is 7.92 Å². The molecular weight excluding hydrogens is 169 g/mol. The molecule has 5 nitrogen and oxygen atoms in total. The van der Waals surface area contributed by atoms with Gasteiger partial charge in [-0.2, -0.15) is 0 Å². The van der Waals surface area contributed by atoms with Crippen LogP contribution in [0.15, 0.2) is 0 Å². The Labute approximate surface area is 63.1 Å². The van der Waals surface area contributed by atoms with E-state index in [0.717, 1.165) is 0 Å². The average molecular weight is 173 g/mol. The van der Waals surface area contributed by atoms with Crippen molar-refractivity contribution in [3.63, 3.8) is 0 Å². The van der Waals surface area contributed by atoms with E-state index < -0.39 is 25.6 Å². The van der Waals surface area contributed by atoms with Gasteiger partial charge in [0.1, 0.15) is 0 Å². The van der Waals surface area contributed by atoms with Crippen LogP contribution in [0.3, 0.4) is 0 Å². The summed E-state index contributed by atoms with van der Waals surface area (Å²) >= 11 is 0. The first-order valence-electron chi connectivity index (χ1n) is 2.80. The molecule has 1 N–H and O–H groups in total. The predicted octanol–water partition coefficient (Wildman–Crippen LogP) is 0.00160. The number of rotatable bonds is 0. The fourth-order valence-electron chi connectivity index (χ4n) is 0.783. The summed E-state index contributed by atoms with van der Waals surface area (Å²) in [7, 11) is -0.429. The van der Waals surface area contributed by atoms with Crippen LogP contribution in [0.5, 0.6) is 0 Å². The third-order valence-corrected chi connectivity index (χ3v) is 1.75. The molecule has 1 rings (SSSR count). The van der Waals surface area contributed by atoms with E-state index in [0.29, 0.717) is 0 Å². The Kier molecular flexibility index (Phi) is 2.25. The molecule has 0 aromatic heterocycles. The van der Waals surface area contributed by atoms with Crippen molar-refractivity contribution in [2.45, 2.75) is 6.42 Å². The second-order valence-corrected chi connectivity index (χ2v) is 2.46. The number of hydrogen-bond donors (Lipinski definition) is 1. The van der Waals surface area contributed by atoms with Crippen LogP contribution in [0.4, 0.5) is 0 Å². The van der Waals surface area contributed by atoms with Gasteiger partial charge in [-0.15, -0.1) is 0 Å². The molecule has 0 radical (unpaired) electrons. The number of carbonyl (C=O) groups is 2. The molecule has 0 aliphatic carbocycles. The van der Waals surface area contributed by atoms with Crippen LogP contribution in [0.2, 0.25) is 0 Å². The molecule has 1 atom stereocenters. The van der Waals surface area contributed by atoms with Gasteiger partial charge in [0.15, 0.2) is 0 Å². The monoisotopic (exact) mass is 173 g/mol. The molecule has 1 fully saturated rings. The zero-order valence-electron chi connectivity index (χ0n) is 5.35. The third kappa shape index (κ3) is 1.40. The summed E-state index contributed by atoms with van der Waals surface area (Å²) in [5.41, 5.74) is 2.20. The predicted molar refractivity (Wildman–Crippen MR) is 33.2 cm³/mol. The van der Waals surface area contributed by atoms with Gasteiger partial charge in [0.25, 0.3) is 0 Å². The van der Waals surface area contributed by atoms with Crippen LogP contribution in [-0.4, -0.2) is 22.1 Å². The van der Waals surface area contributed by atoms with Crippen molar-refractivity contribution in [1.82, 2.24) is 5.06 Å². The summed E-state index contributed by atoms with van der Waals surface area (Å²) in [5.74, 6) is -2.30. The number of amides is 2. The molecule has 1 aliphatic rings. The Morgan fingerprint density at radius 2 is 2.27 bits per heavy atom. The number of carbonyl (C=O) groups excluding carboxylic acids is 2. The van der Waals surface area contributed by atoms with Gasteiger partial charge in [-0.25, -0.2) is 0 Å². The molecule has 6 heteroatoms. The number of nitrogens with zero attached hydrogens (tertiary/aromatic N) is 1. The van der Waals surface area contributed by atoms with Crippen LogP contribution in [0.25, 0.3) is 0 Å². The number of hydrogen-bond acceptors (Lipinski definition) is 4. The van der Waals surface area contributed by atoms with Gasteiger partial charge in [-0.05, 0) is 0 Å². The summed E-state index contributed by atoms with van der Waals surface area (Å²) in [4.78, 5) is 21.3. The van der Waals surface area contributed by atoms with E-state index in [4.69, 9.17) is 5.21 Å². The zero-order valence-corrected chi connectivity index (χ0v) is 6.25. The van der Waals surface area contributed by atoms with Crippen molar-refractivity contribution >= 4 is 19.7 Å². The Morgan fingerprint density at radius 3 is 2.64 bits per heavy atom. The van der Waals surface area contributed by atoms with E-state index in [-0.39, 0.29) is 11.5 Å². The summed E-state index contributed by atoms with van der Waals surface area (Å²) < 4.78 is 9.94. The number of hydroxylamine groups is 2. The molecule has 1 unspecified atom stereocenters.